The molecule has 0 fully saturated rings. The zero-order valence-corrected chi connectivity index (χ0v) is 18.2. The van der Waals surface area contributed by atoms with E-state index in [0.717, 1.165) is 26.7 Å². The van der Waals surface area contributed by atoms with Gasteiger partial charge in [0.1, 0.15) is 0 Å². The molecule has 0 unspecified atom stereocenters. The molecule has 0 bridgehead atoms. The van der Waals surface area contributed by atoms with E-state index in [9.17, 15) is 18.3 Å². The third kappa shape index (κ3) is 3.59. The molecule has 8 heteroatoms. The van der Waals surface area contributed by atoms with Crippen LogP contribution in [-0.2, 0) is 10.0 Å². The van der Waals surface area contributed by atoms with E-state index in [1.807, 2.05) is 30.3 Å². The number of benzene rings is 4. The quantitative estimate of drug-likeness (QED) is 0.355. The van der Waals surface area contributed by atoms with Gasteiger partial charge in [-0.3, -0.25) is 4.72 Å². The first kappa shape index (κ1) is 20.2. The van der Waals surface area contributed by atoms with Crippen molar-refractivity contribution in [2.45, 2.75) is 4.90 Å². The van der Waals surface area contributed by atoms with Crippen LogP contribution in [0.2, 0.25) is 0 Å². The summed E-state index contributed by atoms with van der Waals surface area (Å²) in [5.74, 6) is -1.00. The van der Waals surface area contributed by atoms with E-state index < -0.39 is 16.0 Å². The number of anilines is 1. The molecule has 0 aliphatic carbocycles. The molecule has 5 rings (SSSR count). The van der Waals surface area contributed by atoms with Crippen LogP contribution in [0, 0.1) is 0 Å². The van der Waals surface area contributed by atoms with Crippen molar-refractivity contribution in [2.75, 3.05) is 4.72 Å². The molecule has 4 aromatic carbocycles. The van der Waals surface area contributed by atoms with Gasteiger partial charge in [-0.1, -0.05) is 42.5 Å². The highest BCUT2D eigenvalue weighted by atomic mass is 32.2. The summed E-state index contributed by atoms with van der Waals surface area (Å²) in [7, 11) is -3.82. The number of aromatic carboxylic acids is 1. The Balaban J connectivity index is 1.59. The number of sulfonamides is 1. The zero-order chi connectivity index (χ0) is 22.3. The molecule has 2 N–H and O–H groups in total. The van der Waals surface area contributed by atoms with Crippen molar-refractivity contribution in [3.63, 3.8) is 0 Å². The molecule has 0 amide bonds. The van der Waals surface area contributed by atoms with Gasteiger partial charge in [-0.2, -0.15) is 0 Å². The van der Waals surface area contributed by atoms with Crippen molar-refractivity contribution in [2.24, 2.45) is 0 Å². The Labute approximate surface area is 187 Å². The van der Waals surface area contributed by atoms with Crippen LogP contribution in [0.3, 0.4) is 0 Å². The van der Waals surface area contributed by atoms with Crippen LogP contribution in [0.15, 0.2) is 89.3 Å². The first-order valence-corrected chi connectivity index (χ1v) is 12.0. The van der Waals surface area contributed by atoms with Crippen LogP contribution in [0.25, 0.3) is 32.1 Å². The average molecular weight is 461 g/mol. The minimum absolute atomic E-state index is 0.163. The fraction of sp³-hybridized carbons (Fsp3) is 0. The minimum Gasteiger partial charge on any atom is -0.478 e. The third-order valence-corrected chi connectivity index (χ3v) is 7.36. The van der Waals surface area contributed by atoms with Crippen LogP contribution >= 0.6 is 11.3 Å². The average Bonchev–Trinajstić information content (AvgIpc) is 3.27. The number of carboxylic acids is 1. The fourth-order valence-corrected chi connectivity index (χ4v) is 5.56. The lowest BCUT2D eigenvalue weighted by atomic mass is 9.96. The number of carboxylic acid groups (broad SMARTS) is 1. The molecule has 5 aromatic rings. The zero-order valence-electron chi connectivity index (χ0n) is 16.5. The van der Waals surface area contributed by atoms with Crippen molar-refractivity contribution in [1.82, 2.24) is 4.98 Å². The van der Waals surface area contributed by atoms with E-state index in [1.165, 1.54) is 17.4 Å². The highest BCUT2D eigenvalue weighted by Crippen LogP contribution is 2.35. The topological polar surface area (TPSA) is 96.4 Å². The second-order valence-corrected chi connectivity index (χ2v) is 9.75. The van der Waals surface area contributed by atoms with Gasteiger partial charge >= 0.3 is 5.97 Å². The number of aromatic nitrogens is 1. The molecule has 1 heterocycles. The van der Waals surface area contributed by atoms with Gasteiger partial charge in [-0.05, 0) is 52.9 Å². The lowest BCUT2D eigenvalue weighted by molar-refractivity contribution is 0.0697. The molecule has 0 saturated carbocycles. The number of hydrogen-bond donors (Lipinski definition) is 2. The van der Waals surface area contributed by atoms with E-state index in [0.29, 0.717) is 11.1 Å². The van der Waals surface area contributed by atoms with Crippen molar-refractivity contribution >= 4 is 54.0 Å². The SMILES string of the molecule is O=C(O)c1cccc(-c2ccc(NS(=O)(=O)c3ccc4ncsc4c3)c3ccccc23)c1. The first-order chi connectivity index (χ1) is 15.4. The van der Waals surface area contributed by atoms with Gasteiger partial charge in [-0.25, -0.2) is 18.2 Å². The predicted octanol–water partition coefficient (Wildman–Crippen LogP) is 5.62. The van der Waals surface area contributed by atoms with Gasteiger partial charge < -0.3 is 5.11 Å². The Kier molecular flexibility index (Phi) is 4.88. The summed E-state index contributed by atoms with van der Waals surface area (Å²) in [6, 6.07) is 22.4. The number of nitrogens with zero attached hydrogens (tertiary/aromatic N) is 1. The fourth-order valence-electron chi connectivity index (χ4n) is 3.67. The van der Waals surface area contributed by atoms with E-state index in [-0.39, 0.29) is 10.5 Å². The summed E-state index contributed by atoms with van der Waals surface area (Å²) in [5, 5.41) is 10.9. The molecule has 0 aliphatic rings. The maximum absolute atomic E-state index is 13.1. The van der Waals surface area contributed by atoms with Crippen molar-refractivity contribution in [1.29, 1.82) is 0 Å². The lowest BCUT2D eigenvalue weighted by Gasteiger charge is -2.14. The Morgan fingerprint density at radius 1 is 0.906 bits per heavy atom. The summed E-state index contributed by atoms with van der Waals surface area (Å²) >= 11 is 1.38. The smallest absolute Gasteiger partial charge is 0.335 e. The molecule has 0 aliphatic heterocycles. The highest BCUT2D eigenvalue weighted by molar-refractivity contribution is 7.92. The van der Waals surface area contributed by atoms with Crippen molar-refractivity contribution < 1.29 is 18.3 Å². The van der Waals surface area contributed by atoms with Crippen LogP contribution in [0.5, 0.6) is 0 Å². The highest BCUT2D eigenvalue weighted by Gasteiger charge is 2.18. The van der Waals surface area contributed by atoms with E-state index in [2.05, 4.69) is 9.71 Å². The van der Waals surface area contributed by atoms with Gasteiger partial charge in [-0.15, -0.1) is 11.3 Å². The summed E-state index contributed by atoms with van der Waals surface area (Å²) in [6.07, 6.45) is 0. The molecular weight excluding hydrogens is 444 g/mol. The molecule has 0 spiro atoms. The first-order valence-electron chi connectivity index (χ1n) is 9.64. The summed E-state index contributed by atoms with van der Waals surface area (Å²) in [4.78, 5) is 15.7. The van der Waals surface area contributed by atoms with E-state index in [1.54, 1.807) is 48.0 Å². The summed E-state index contributed by atoms with van der Waals surface area (Å²) in [6.45, 7) is 0. The molecule has 0 radical (unpaired) electrons. The second kappa shape index (κ2) is 7.74. The monoisotopic (exact) mass is 460 g/mol. The number of fused-ring (bicyclic) bond motifs is 2. The summed E-state index contributed by atoms with van der Waals surface area (Å²) < 4.78 is 29.7. The second-order valence-electron chi connectivity index (χ2n) is 7.18. The maximum atomic E-state index is 13.1. The number of nitrogens with one attached hydrogen (secondary N) is 1. The third-order valence-electron chi connectivity index (χ3n) is 5.20. The predicted molar refractivity (Wildman–Crippen MR) is 127 cm³/mol. The lowest BCUT2D eigenvalue weighted by Crippen LogP contribution is -2.13. The van der Waals surface area contributed by atoms with Crippen LogP contribution in [0.4, 0.5) is 5.69 Å². The minimum atomic E-state index is -3.82. The Morgan fingerprint density at radius 3 is 2.53 bits per heavy atom. The Hall–Kier alpha value is -3.75. The van der Waals surface area contributed by atoms with E-state index in [4.69, 9.17) is 0 Å². The van der Waals surface area contributed by atoms with E-state index >= 15 is 0 Å². The van der Waals surface area contributed by atoms with Crippen molar-refractivity contribution in [3.8, 4) is 11.1 Å². The van der Waals surface area contributed by atoms with Crippen molar-refractivity contribution in [3.05, 3.63) is 89.9 Å². The molecule has 0 atom stereocenters. The van der Waals surface area contributed by atoms with Gasteiger partial charge in [0.15, 0.2) is 0 Å². The number of hydrogen-bond acceptors (Lipinski definition) is 5. The molecule has 0 saturated heterocycles. The number of rotatable bonds is 5. The van der Waals surface area contributed by atoms with Crippen LogP contribution in [-0.4, -0.2) is 24.5 Å². The summed E-state index contributed by atoms with van der Waals surface area (Å²) in [5.41, 5.74) is 4.63. The molecule has 6 nitrogen and oxygen atoms in total. The largest absolute Gasteiger partial charge is 0.478 e. The molecular formula is C24H16N2O4S2. The molecule has 158 valence electrons. The number of carbonyl (C=O) groups is 1. The number of thiazole rings is 1. The van der Waals surface area contributed by atoms with Gasteiger partial charge in [0.2, 0.25) is 0 Å². The van der Waals surface area contributed by atoms with Gasteiger partial charge in [0.05, 0.1) is 31.9 Å². The van der Waals surface area contributed by atoms with Gasteiger partial charge in [0, 0.05) is 5.39 Å². The van der Waals surface area contributed by atoms with Crippen LogP contribution < -0.4 is 4.72 Å². The standard InChI is InChI=1S/C24H16N2O4S2/c27-24(28)16-5-3-4-15(12-16)18-9-11-21(20-7-2-1-6-19(18)20)26-32(29,30)17-8-10-22-23(13-17)31-14-25-22/h1-14,26H,(H,27,28). The maximum Gasteiger partial charge on any atom is 0.335 e. The Bertz CT molecular complexity index is 1610. The molecule has 32 heavy (non-hydrogen) atoms. The molecule has 1 aromatic heterocycles. The Morgan fingerprint density at radius 2 is 1.72 bits per heavy atom. The van der Waals surface area contributed by atoms with Crippen LogP contribution in [0.1, 0.15) is 10.4 Å². The van der Waals surface area contributed by atoms with Gasteiger partial charge in [0.25, 0.3) is 10.0 Å². The normalized spacial score (nSPS) is 11.6.